The van der Waals surface area contributed by atoms with E-state index in [1.807, 2.05) is 13.0 Å². The Morgan fingerprint density at radius 2 is 2.06 bits per heavy atom. The molecule has 3 nitrogen and oxygen atoms in total. The lowest BCUT2D eigenvalue weighted by Gasteiger charge is -1.98. The minimum Gasteiger partial charge on any atom is -0.360 e. The molecular weight excluding hydrogens is 265 g/mol. The van der Waals surface area contributed by atoms with Crippen LogP contribution in [0.25, 0.3) is 10.6 Å². The van der Waals surface area contributed by atoms with E-state index in [-0.39, 0.29) is 0 Å². The van der Waals surface area contributed by atoms with Crippen molar-refractivity contribution in [1.29, 1.82) is 0 Å². The summed E-state index contributed by atoms with van der Waals surface area (Å²) in [5.74, 6) is 0. The molecule has 0 amide bonds. The van der Waals surface area contributed by atoms with Gasteiger partial charge >= 0.3 is 0 Å². The molecule has 0 aliphatic rings. The summed E-state index contributed by atoms with van der Waals surface area (Å²) in [6.07, 6.45) is 0. The summed E-state index contributed by atoms with van der Waals surface area (Å²) >= 11 is 13.3. The molecule has 0 fully saturated rings. The lowest BCUT2D eigenvalue weighted by atomic mass is 10.2. The first-order valence-electron chi connectivity index (χ1n) is 4.73. The van der Waals surface area contributed by atoms with Gasteiger partial charge in [0.15, 0.2) is 0 Å². The second-order valence-corrected chi connectivity index (χ2v) is 4.86. The van der Waals surface area contributed by atoms with Crippen molar-refractivity contribution in [2.24, 2.45) is 0 Å². The van der Waals surface area contributed by atoms with Crippen LogP contribution < -0.4 is 5.32 Å². The summed E-state index contributed by atoms with van der Waals surface area (Å²) in [7, 11) is 0. The fourth-order valence-electron chi connectivity index (χ4n) is 1.19. The van der Waals surface area contributed by atoms with Crippen LogP contribution in [0, 0.1) is 0 Å². The molecule has 0 aliphatic carbocycles. The zero-order chi connectivity index (χ0) is 11.5. The van der Waals surface area contributed by atoms with E-state index in [0.717, 1.165) is 22.2 Å². The van der Waals surface area contributed by atoms with Crippen molar-refractivity contribution < 1.29 is 0 Å². The zero-order valence-corrected chi connectivity index (χ0v) is 10.8. The number of halogens is 2. The van der Waals surface area contributed by atoms with E-state index < -0.39 is 0 Å². The number of anilines is 1. The Labute approximate surface area is 107 Å². The molecule has 16 heavy (non-hydrogen) atoms. The van der Waals surface area contributed by atoms with Gasteiger partial charge in [0.05, 0.1) is 10.0 Å². The van der Waals surface area contributed by atoms with E-state index >= 15 is 0 Å². The maximum absolute atomic E-state index is 5.94. The minimum absolute atomic E-state index is 0.527. The van der Waals surface area contributed by atoms with Crippen molar-refractivity contribution in [1.82, 2.24) is 10.2 Å². The molecule has 6 heteroatoms. The average Bonchev–Trinajstić information content (AvgIpc) is 2.71. The molecular formula is C10H9Cl2N3S. The van der Waals surface area contributed by atoms with Gasteiger partial charge in [-0.15, -0.1) is 10.2 Å². The van der Waals surface area contributed by atoms with E-state index in [9.17, 15) is 0 Å². The number of aromatic nitrogens is 2. The van der Waals surface area contributed by atoms with Gasteiger partial charge in [-0.2, -0.15) is 0 Å². The molecule has 0 aliphatic heterocycles. The smallest absolute Gasteiger partial charge is 0.205 e. The molecule has 1 aromatic carbocycles. The highest BCUT2D eigenvalue weighted by atomic mass is 35.5. The SMILES string of the molecule is CCNc1nnc(-c2ccc(Cl)c(Cl)c2)s1. The summed E-state index contributed by atoms with van der Waals surface area (Å²) in [6.45, 7) is 2.84. The van der Waals surface area contributed by atoms with Gasteiger partial charge < -0.3 is 5.32 Å². The lowest BCUT2D eigenvalue weighted by Crippen LogP contribution is -1.94. The highest BCUT2D eigenvalue weighted by molar-refractivity contribution is 7.18. The molecule has 0 spiro atoms. The molecule has 0 saturated heterocycles. The summed E-state index contributed by atoms with van der Waals surface area (Å²) in [4.78, 5) is 0. The Balaban J connectivity index is 2.31. The van der Waals surface area contributed by atoms with Crippen LogP contribution in [0.4, 0.5) is 5.13 Å². The standard InChI is InChI=1S/C10H9Cl2N3S/c1-2-13-10-15-14-9(16-10)6-3-4-7(11)8(12)5-6/h3-5H,2H2,1H3,(H,13,15). The second kappa shape index (κ2) is 4.99. The monoisotopic (exact) mass is 273 g/mol. The molecule has 84 valence electrons. The van der Waals surface area contributed by atoms with Crippen LogP contribution in [0.5, 0.6) is 0 Å². The molecule has 1 aromatic heterocycles. The number of rotatable bonds is 3. The van der Waals surface area contributed by atoms with Gasteiger partial charge in [0.1, 0.15) is 5.01 Å². The third kappa shape index (κ3) is 2.45. The largest absolute Gasteiger partial charge is 0.360 e. The van der Waals surface area contributed by atoms with Crippen LogP contribution >= 0.6 is 34.5 Å². The number of nitrogens with zero attached hydrogens (tertiary/aromatic N) is 2. The molecule has 0 radical (unpaired) electrons. The van der Waals surface area contributed by atoms with Gasteiger partial charge in [-0.3, -0.25) is 0 Å². The van der Waals surface area contributed by atoms with Crippen molar-refractivity contribution in [2.75, 3.05) is 11.9 Å². The predicted octanol–water partition coefficient (Wildman–Crippen LogP) is 3.94. The first kappa shape index (κ1) is 11.6. The van der Waals surface area contributed by atoms with Crippen molar-refractivity contribution in [2.45, 2.75) is 6.92 Å². The molecule has 0 atom stereocenters. The number of nitrogens with one attached hydrogen (secondary N) is 1. The summed E-state index contributed by atoms with van der Waals surface area (Å²) in [5, 5.41) is 13.9. The minimum atomic E-state index is 0.527. The number of hydrogen-bond donors (Lipinski definition) is 1. The van der Waals surface area contributed by atoms with Crippen molar-refractivity contribution in [3.63, 3.8) is 0 Å². The predicted molar refractivity (Wildman–Crippen MR) is 69.5 cm³/mol. The van der Waals surface area contributed by atoms with E-state index in [4.69, 9.17) is 23.2 Å². The van der Waals surface area contributed by atoms with Crippen molar-refractivity contribution in [3.8, 4) is 10.6 Å². The topological polar surface area (TPSA) is 37.8 Å². The summed E-state index contributed by atoms with van der Waals surface area (Å²) in [6, 6.07) is 5.43. The van der Waals surface area contributed by atoms with E-state index in [0.29, 0.717) is 10.0 Å². The molecule has 0 bridgehead atoms. The van der Waals surface area contributed by atoms with Gasteiger partial charge in [-0.25, -0.2) is 0 Å². The Morgan fingerprint density at radius 1 is 1.25 bits per heavy atom. The van der Waals surface area contributed by atoms with Crippen LogP contribution in [0.15, 0.2) is 18.2 Å². The average molecular weight is 274 g/mol. The van der Waals surface area contributed by atoms with Crippen LogP contribution in [0.2, 0.25) is 10.0 Å². The Morgan fingerprint density at radius 3 is 2.75 bits per heavy atom. The van der Waals surface area contributed by atoms with Crippen molar-refractivity contribution >= 4 is 39.7 Å². The maximum atomic E-state index is 5.94. The van der Waals surface area contributed by atoms with Crippen LogP contribution in [-0.2, 0) is 0 Å². The van der Waals surface area contributed by atoms with Gasteiger partial charge in [-0.1, -0.05) is 40.6 Å². The molecule has 0 saturated carbocycles. The molecule has 1 N–H and O–H groups in total. The molecule has 2 aromatic rings. The molecule has 2 rings (SSSR count). The molecule has 0 unspecified atom stereocenters. The fourth-order valence-corrected chi connectivity index (χ4v) is 2.30. The van der Waals surface area contributed by atoms with E-state index in [2.05, 4.69) is 15.5 Å². The third-order valence-corrected chi connectivity index (χ3v) is 3.59. The van der Waals surface area contributed by atoms with E-state index in [1.54, 1.807) is 12.1 Å². The zero-order valence-electron chi connectivity index (χ0n) is 8.50. The van der Waals surface area contributed by atoms with Gasteiger partial charge in [0.25, 0.3) is 0 Å². The van der Waals surface area contributed by atoms with Gasteiger partial charge in [0, 0.05) is 12.1 Å². The Kier molecular flexibility index (Phi) is 3.63. The van der Waals surface area contributed by atoms with Crippen LogP contribution in [0.1, 0.15) is 6.92 Å². The lowest BCUT2D eigenvalue weighted by molar-refractivity contribution is 1.07. The first-order chi connectivity index (χ1) is 7.70. The van der Waals surface area contributed by atoms with Crippen LogP contribution in [-0.4, -0.2) is 16.7 Å². The van der Waals surface area contributed by atoms with Gasteiger partial charge in [0.2, 0.25) is 5.13 Å². The first-order valence-corrected chi connectivity index (χ1v) is 6.30. The molecule has 1 heterocycles. The second-order valence-electron chi connectivity index (χ2n) is 3.07. The third-order valence-electron chi connectivity index (χ3n) is 1.92. The van der Waals surface area contributed by atoms with Gasteiger partial charge in [-0.05, 0) is 19.1 Å². The highest BCUT2D eigenvalue weighted by Gasteiger charge is 2.07. The normalized spacial score (nSPS) is 10.4. The number of benzene rings is 1. The quantitative estimate of drug-likeness (QED) is 0.921. The summed E-state index contributed by atoms with van der Waals surface area (Å²) < 4.78 is 0. The number of hydrogen-bond acceptors (Lipinski definition) is 4. The summed E-state index contributed by atoms with van der Waals surface area (Å²) in [5.41, 5.74) is 0.927. The fraction of sp³-hybridized carbons (Fsp3) is 0.200. The Bertz CT molecular complexity index is 499. The highest BCUT2D eigenvalue weighted by Crippen LogP contribution is 2.31. The van der Waals surface area contributed by atoms with Crippen molar-refractivity contribution in [3.05, 3.63) is 28.2 Å². The Hall–Kier alpha value is -0.840. The van der Waals surface area contributed by atoms with E-state index in [1.165, 1.54) is 11.3 Å². The maximum Gasteiger partial charge on any atom is 0.205 e. The van der Waals surface area contributed by atoms with Crippen LogP contribution in [0.3, 0.4) is 0 Å².